The van der Waals surface area contributed by atoms with E-state index < -0.39 is 0 Å². The number of hydrogen-bond acceptors (Lipinski definition) is 1. The molecule has 0 fully saturated rings. The molecule has 0 aliphatic heterocycles. The summed E-state index contributed by atoms with van der Waals surface area (Å²) in [5.74, 6) is 1.02. The minimum atomic E-state index is 0.490. The molecule has 2 unspecified atom stereocenters. The van der Waals surface area contributed by atoms with E-state index in [0.29, 0.717) is 11.8 Å². The summed E-state index contributed by atoms with van der Waals surface area (Å²) in [5.41, 5.74) is 2.54. The molecule has 82 valence electrons. The second kappa shape index (κ2) is 5.90. The Balaban J connectivity index is 4.31. The molecule has 0 aromatic heterocycles. The Labute approximate surface area is 89.5 Å². The maximum Gasteiger partial charge on any atom is 0.00891 e. The summed E-state index contributed by atoms with van der Waals surface area (Å²) in [7, 11) is 4.10. The van der Waals surface area contributed by atoms with Crippen LogP contribution in [0.3, 0.4) is 0 Å². The number of allylic oxidation sites excluding steroid dienone is 2. The van der Waals surface area contributed by atoms with Crippen LogP contribution < -0.4 is 0 Å². The normalized spacial score (nSPS) is 14.6. The van der Waals surface area contributed by atoms with Crippen molar-refractivity contribution < 1.29 is 0 Å². The molecule has 1 heteroatoms. The molecule has 1 nitrogen and oxygen atoms in total. The largest absolute Gasteiger partial charge is 0.381 e. The fourth-order valence-electron chi connectivity index (χ4n) is 1.60. The maximum absolute atomic E-state index is 4.15. The Kier molecular flexibility index (Phi) is 5.59. The van der Waals surface area contributed by atoms with Gasteiger partial charge in [-0.25, -0.2) is 0 Å². The molecule has 0 bridgehead atoms. The van der Waals surface area contributed by atoms with Crippen molar-refractivity contribution >= 4 is 0 Å². The molecular weight excluding hydrogens is 170 g/mol. The van der Waals surface area contributed by atoms with Crippen molar-refractivity contribution in [2.45, 2.75) is 33.6 Å². The second-order valence-corrected chi connectivity index (χ2v) is 4.37. The molecule has 0 aromatic carbocycles. The highest BCUT2D eigenvalue weighted by Gasteiger charge is 2.18. The van der Waals surface area contributed by atoms with E-state index in [9.17, 15) is 0 Å². The number of rotatable bonds is 6. The van der Waals surface area contributed by atoms with Gasteiger partial charge in [-0.1, -0.05) is 45.9 Å². The van der Waals surface area contributed by atoms with Crippen molar-refractivity contribution in [1.29, 1.82) is 0 Å². The highest BCUT2D eigenvalue weighted by Crippen LogP contribution is 2.27. The lowest BCUT2D eigenvalue weighted by molar-refractivity contribution is 0.375. The van der Waals surface area contributed by atoms with Crippen LogP contribution in [-0.4, -0.2) is 19.0 Å². The average molecular weight is 195 g/mol. The average Bonchev–Trinajstić information content (AvgIpc) is 2.14. The van der Waals surface area contributed by atoms with E-state index in [1.165, 1.54) is 17.7 Å². The van der Waals surface area contributed by atoms with Crippen LogP contribution in [0.5, 0.6) is 0 Å². The second-order valence-electron chi connectivity index (χ2n) is 4.37. The molecular formula is C13H25N. The molecule has 0 N–H and O–H groups in total. The zero-order valence-corrected chi connectivity index (χ0v) is 10.4. The summed E-state index contributed by atoms with van der Waals surface area (Å²) in [6, 6.07) is 0. The minimum Gasteiger partial charge on any atom is -0.381 e. The summed E-state index contributed by atoms with van der Waals surface area (Å²) in [6.45, 7) is 14.9. The molecule has 0 aliphatic rings. The number of nitrogens with zero attached hydrogens (tertiary/aromatic N) is 1. The third-order valence-electron chi connectivity index (χ3n) is 3.07. The van der Waals surface area contributed by atoms with E-state index >= 15 is 0 Å². The van der Waals surface area contributed by atoms with Gasteiger partial charge in [-0.2, -0.15) is 0 Å². The number of hydrogen-bond donors (Lipinski definition) is 0. The zero-order chi connectivity index (χ0) is 11.3. The van der Waals surface area contributed by atoms with Crippen molar-refractivity contribution in [3.8, 4) is 0 Å². The van der Waals surface area contributed by atoms with Gasteiger partial charge in [0.25, 0.3) is 0 Å². The van der Waals surface area contributed by atoms with E-state index in [1.807, 2.05) is 14.1 Å². The van der Waals surface area contributed by atoms with Crippen LogP contribution in [0, 0.1) is 11.8 Å². The maximum atomic E-state index is 4.15. The van der Waals surface area contributed by atoms with Crippen LogP contribution in [0.15, 0.2) is 24.4 Å². The summed E-state index contributed by atoms with van der Waals surface area (Å²) in [4.78, 5) is 2.10. The van der Waals surface area contributed by atoms with Gasteiger partial charge in [0, 0.05) is 25.7 Å². The molecule has 0 saturated carbocycles. The highest BCUT2D eigenvalue weighted by atomic mass is 15.1. The van der Waals surface area contributed by atoms with Gasteiger partial charge in [0.1, 0.15) is 0 Å². The van der Waals surface area contributed by atoms with E-state index in [0.717, 1.165) is 6.42 Å². The van der Waals surface area contributed by atoms with Crippen molar-refractivity contribution in [3.05, 3.63) is 24.4 Å². The van der Waals surface area contributed by atoms with Gasteiger partial charge in [-0.15, -0.1) is 0 Å². The lowest BCUT2D eigenvalue weighted by atomic mass is 9.85. The SMILES string of the molecule is C=C(CCC)C(C)C(C)C(=C)N(C)C. The van der Waals surface area contributed by atoms with Gasteiger partial charge < -0.3 is 4.90 Å². The van der Waals surface area contributed by atoms with E-state index in [4.69, 9.17) is 0 Å². The van der Waals surface area contributed by atoms with Crippen LogP contribution in [0.25, 0.3) is 0 Å². The first kappa shape index (κ1) is 13.3. The van der Waals surface area contributed by atoms with Crippen LogP contribution >= 0.6 is 0 Å². The molecule has 0 radical (unpaired) electrons. The Morgan fingerprint density at radius 2 is 1.64 bits per heavy atom. The van der Waals surface area contributed by atoms with Crippen molar-refractivity contribution in [1.82, 2.24) is 4.90 Å². The van der Waals surface area contributed by atoms with Crippen LogP contribution in [-0.2, 0) is 0 Å². The minimum absolute atomic E-state index is 0.490. The molecule has 14 heavy (non-hydrogen) atoms. The van der Waals surface area contributed by atoms with Gasteiger partial charge in [0.05, 0.1) is 0 Å². The smallest absolute Gasteiger partial charge is 0.00891 e. The molecule has 0 spiro atoms. The molecule has 0 amide bonds. The highest BCUT2D eigenvalue weighted by molar-refractivity contribution is 5.08. The lowest BCUT2D eigenvalue weighted by Gasteiger charge is -2.28. The summed E-state index contributed by atoms with van der Waals surface area (Å²) in [5, 5.41) is 0. The molecule has 0 heterocycles. The van der Waals surface area contributed by atoms with Crippen molar-refractivity contribution in [2.24, 2.45) is 11.8 Å². The van der Waals surface area contributed by atoms with Crippen LogP contribution in [0.2, 0.25) is 0 Å². The summed E-state index contributed by atoms with van der Waals surface area (Å²) < 4.78 is 0. The third kappa shape index (κ3) is 3.57. The molecule has 2 atom stereocenters. The standard InChI is InChI=1S/C13H25N/c1-8-9-10(2)11(3)12(4)13(5)14(6)7/h11-12H,2,5,8-9H2,1,3-4,6-7H3. The fraction of sp³-hybridized carbons (Fsp3) is 0.692. The Morgan fingerprint density at radius 3 is 2.00 bits per heavy atom. The quantitative estimate of drug-likeness (QED) is 0.584. The van der Waals surface area contributed by atoms with E-state index in [-0.39, 0.29) is 0 Å². The van der Waals surface area contributed by atoms with Gasteiger partial charge in [0.2, 0.25) is 0 Å². The van der Waals surface area contributed by atoms with Gasteiger partial charge in [-0.05, 0) is 12.3 Å². The third-order valence-corrected chi connectivity index (χ3v) is 3.07. The molecule has 0 aromatic rings. The van der Waals surface area contributed by atoms with Crippen LogP contribution in [0.4, 0.5) is 0 Å². The lowest BCUT2D eigenvalue weighted by Crippen LogP contribution is -2.22. The predicted molar refractivity (Wildman–Crippen MR) is 65.2 cm³/mol. The van der Waals surface area contributed by atoms with Crippen LogP contribution in [0.1, 0.15) is 33.6 Å². The molecule has 0 saturated heterocycles. The first-order chi connectivity index (χ1) is 6.41. The fourth-order valence-corrected chi connectivity index (χ4v) is 1.60. The zero-order valence-electron chi connectivity index (χ0n) is 10.4. The topological polar surface area (TPSA) is 3.24 Å². The first-order valence-corrected chi connectivity index (χ1v) is 5.45. The Bertz CT molecular complexity index is 203. The van der Waals surface area contributed by atoms with E-state index in [2.05, 4.69) is 38.8 Å². The van der Waals surface area contributed by atoms with Crippen molar-refractivity contribution in [2.75, 3.05) is 14.1 Å². The van der Waals surface area contributed by atoms with Gasteiger partial charge >= 0.3 is 0 Å². The predicted octanol–water partition coefficient (Wildman–Crippen LogP) is 3.69. The molecule has 0 rings (SSSR count). The van der Waals surface area contributed by atoms with Gasteiger partial charge in [-0.3, -0.25) is 0 Å². The Hall–Kier alpha value is -0.720. The summed E-state index contributed by atoms with van der Waals surface area (Å²) in [6.07, 6.45) is 2.32. The Morgan fingerprint density at radius 1 is 1.14 bits per heavy atom. The van der Waals surface area contributed by atoms with Crippen molar-refractivity contribution in [3.63, 3.8) is 0 Å². The molecule has 0 aliphatic carbocycles. The summed E-state index contributed by atoms with van der Waals surface area (Å²) >= 11 is 0. The van der Waals surface area contributed by atoms with E-state index in [1.54, 1.807) is 0 Å². The first-order valence-electron chi connectivity index (χ1n) is 5.45. The monoisotopic (exact) mass is 195 g/mol. The van der Waals surface area contributed by atoms with Gasteiger partial charge in [0.15, 0.2) is 0 Å².